The second-order valence-electron chi connectivity index (χ2n) is 10.2. The number of halogens is 1. The van der Waals surface area contributed by atoms with Crippen LogP contribution in [0.15, 0.2) is 48.5 Å². The highest BCUT2D eigenvalue weighted by Crippen LogP contribution is 2.26. The minimum Gasteiger partial charge on any atom is -0.508 e. The molecule has 2 aromatic rings. The lowest BCUT2D eigenvalue weighted by Gasteiger charge is -2.29. The second kappa shape index (κ2) is 11.4. The van der Waals surface area contributed by atoms with Gasteiger partial charge in [0.05, 0.1) is 23.4 Å². The van der Waals surface area contributed by atoms with Crippen molar-refractivity contribution in [3.8, 4) is 5.75 Å². The molecule has 1 fully saturated rings. The number of alkyl halides is 1. The molecule has 9 heteroatoms. The molecule has 1 unspecified atom stereocenters. The molecule has 5 N–H and O–H groups in total. The van der Waals surface area contributed by atoms with Crippen molar-refractivity contribution in [2.24, 2.45) is 5.92 Å². The number of hydrogen-bond acceptors (Lipinski definition) is 6. The standard InChI is InChI=1S/C27H34ClN3O5/c1-15-17(11-8-12-20(15)32)25(35)30-19(13-16-9-6-5-7-10-16)23(33)24(34)21-18(28)14-29-22(21)26(36)31-27(2,3)4/h5-12,18-19,21-23,29,32-33H,13-14H2,1-4H3,(H,30,35)(H,31,36)/t18-,19+,21?,22+,23+/m1/s1. The summed E-state index contributed by atoms with van der Waals surface area (Å²) in [6.07, 6.45) is -1.45. The van der Waals surface area contributed by atoms with Gasteiger partial charge in [-0.2, -0.15) is 0 Å². The van der Waals surface area contributed by atoms with Crippen LogP contribution in [0.1, 0.15) is 42.3 Å². The first-order valence-electron chi connectivity index (χ1n) is 11.9. The average molecular weight is 516 g/mol. The smallest absolute Gasteiger partial charge is 0.252 e. The van der Waals surface area contributed by atoms with Gasteiger partial charge in [-0.05, 0) is 51.8 Å². The molecule has 0 saturated carbocycles. The van der Waals surface area contributed by atoms with Gasteiger partial charge in [0, 0.05) is 23.2 Å². The van der Waals surface area contributed by atoms with E-state index in [2.05, 4.69) is 16.0 Å². The van der Waals surface area contributed by atoms with Crippen LogP contribution >= 0.6 is 11.6 Å². The molecule has 1 saturated heterocycles. The topological polar surface area (TPSA) is 128 Å². The maximum Gasteiger partial charge on any atom is 0.252 e. The van der Waals surface area contributed by atoms with Gasteiger partial charge in [-0.1, -0.05) is 36.4 Å². The number of benzene rings is 2. The van der Waals surface area contributed by atoms with Crippen molar-refractivity contribution in [3.05, 3.63) is 65.2 Å². The van der Waals surface area contributed by atoms with E-state index in [1.807, 2.05) is 51.1 Å². The fourth-order valence-electron chi connectivity index (χ4n) is 4.37. The second-order valence-corrected chi connectivity index (χ2v) is 10.8. The summed E-state index contributed by atoms with van der Waals surface area (Å²) in [7, 11) is 0. The van der Waals surface area contributed by atoms with E-state index in [1.165, 1.54) is 6.07 Å². The van der Waals surface area contributed by atoms with Crippen LogP contribution in [0.5, 0.6) is 5.75 Å². The Balaban J connectivity index is 1.87. The van der Waals surface area contributed by atoms with Crippen molar-refractivity contribution in [2.45, 2.75) is 63.2 Å². The molecule has 0 spiro atoms. The fourth-order valence-corrected chi connectivity index (χ4v) is 4.73. The zero-order chi connectivity index (χ0) is 26.6. The predicted molar refractivity (Wildman–Crippen MR) is 138 cm³/mol. The van der Waals surface area contributed by atoms with Gasteiger partial charge in [0.15, 0.2) is 5.78 Å². The quantitative estimate of drug-likeness (QED) is 0.342. The number of phenols is 1. The van der Waals surface area contributed by atoms with E-state index in [0.717, 1.165) is 5.56 Å². The van der Waals surface area contributed by atoms with Crippen LogP contribution in [-0.2, 0) is 16.0 Å². The summed E-state index contributed by atoms with van der Waals surface area (Å²) < 4.78 is 0. The van der Waals surface area contributed by atoms with Crippen molar-refractivity contribution >= 4 is 29.2 Å². The first kappa shape index (κ1) is 27.6. The van der Waals surface area contributed by atoms with Crippen LogP contribution in [0, 0.1) is 12.8 Å². The average Bonchev–Trinajstić information content (AvgIpc) is 3.20. The number of hydrogen-bond donors (Lipinski definition) is 5. The number of aromatic hydroxyl groups is 1. The number of carbonyl (C=O) groups excluding carboxylic acids is 3. The molecular formula is C27H34ClN3O5. The maximum atomic E-state index is 13.6. The number of Topliss-reactive ketones (excluding diaryl/α,β-unsaturated/α-hetero) is 1. The minimum atomic E-state index is -1.62. The first-order valence-corrected chi connectivity index (χ1v) is 12.4. The van der Waals surface area contributed by atoms with Crippen molar-refractivity contribution in [2.75, 3.05) is 6.54 Å². The zero-order valence-corrected chi connectivity index (χ0v) is 21.7. The van der Waals surface area contributed by atoms with E-state index in [1.54, 1.807) is 19.1 Å². The number of aliphatic hydroxyl groups excluding tert-OH is 1. The summed E-state index contributed by atoms with van der Waals surface area (Å²) in [5, 5.41) is 29.2. The van der Waals surface area contributed by atoms with Crippen molar-refractivity contribution in [1.29, 1.82) is 0 Å². The monoisotopic (exact) mass is 515 g/mol. The van der Waals surface area contributed by atoms with Crippen LogP contribution in [0.25, 0.3) is 0 Å². The van der Waals surface area contributed by atoms with E-state index in [9.17, 15) is 24.6 Å². The predicted octanol–water partition coefficient (Wildman–Crippen LogP) is 2.08. The number of ketones is 1. The van der Waals surface area contributed by atoms with Gasteiger partial charge in [-0.15, -0.1) is 11.6 Å². The number of carbonyl (C=O) groups is 3. The van der Waals surface area contributed by atoms with E-state index in [-0.39, 0.29) is 30.2 Å². The summed E-state index contributed by atoms with van der Waals surface area (Å²) in [5.41, 5.74) is 0.899. The van der Waals surface area contributed by atoms with Crippen molar-refractivity contribution in [3.63, 3.8) is 0 Å². The molecule has 1 aliphatic heterocycles. The summed E-state index contributed by atoms with van der Waals surface area (Å²) in [5.74, 6) is -2.56. The Bertz CT molecular complexity index is 1100. The third kappa shape index (κ3) is 6.63. The Labute approximate surface area is 216 Å². The van der Waals surface area contributed by atoms with Gasteiger partial charge in [-0.25, -0.2) is 0 Å². The van der Waals surface area contributed by atoms with Crippen molar-refractivity contribution < 1.29 is 24.6 Å². The normalized spacial score (nSPS) is 21.4. The molecule has 194 valence electrons. The number of amides is 2. The molecule has 1 aliphatic rings. The lowest BCUT2D eigenvalue weighted by molar-refractivity contribution is -0.136. The highest BCUT2D eigenvalue weighted by molar-refractivity contribution is 6.23. The van der Waals surface area contributed by atoms with Gasteiger partial charge in [0.1, 0.15) is 11.9 Å². The largest absolute Gasteiger partial charge is 0.508 e. The van der Waals surface area contributed by atoms with Crippen LogP contribution in [0.3, 0.4) is 0 Å². The highest BCUT2D eigenvalue weighted by atomic mass is 35.5. The van der Waals surface area contributed by atoms with Crippen LogP contribution < -0.4 is 16.0 Å². The fraction of sp³-hybridized carbons (Fsp3) is 0.444. The SMILES string of the molecule is Cc1c(O)cccc1C(=O)N[C@@H](Cc1ccccc1)[C@H](O)C(=O)C1[C@H](Cl)CN[C@@H]1C(=O)NC(C)(C)C. The summed E-state index contributed by atoms with van der Waals surface area (Å²) in [4.78, 5) is 39.6. The zero-order valence-electron chi connectivity index (χ0n) is 20.9. The van der Waals surface area contributed by atoms with E-state index < -0.39 is 46.7 Å². The Hall–Kier alpha value is -2.94. The molecule has 0 radical (unpaired) electrons. The molecule has 2 amide bonds. The molecule has 1 heterocycles. The Morgan fingerprint density at radius 1 is 1.11 bits per heavy atom. The summed E-state index contributed by atoms with van der Waals surface area (Å²) >= 11 is 6.44. The number of aliphatic hydroxyl groups is 1. The molecule has 0 bridgehead atoms. The van der Waals surface area contributed by atoms with Crippen molar-refractivity contribution in [1.82, 2.24) is 16.0 Å². The van der Waals surface area contributed by atoms with Gasteiger partial charge in [-0.3, -0.25) is 14.4 Å². The Morgan fingerprint density at radius 3 is 2.42 bits per heavy atom. The lowest BCUT2D eigenvalue weighted by atomic mass is 9.86. The highest BCUT2D eigenvalue weighted by Gasteiger charge is 2.47. The number of nitrogens with one attached hydrogen (secondary N) is 3. The molecule has 0 aromatic heterocycles. The summed E-state index contributed by atoms with van der Waals surface area (Å²) in [6, 6.07) is 11.8. The van der Waals surface area contributed by atoms with Crippen LogP contribution in [-0.4, -0.2) is 63.5 Å². The molecule has 3 rings (SSSR count). The Morgan fingerprint density at radius 2 is 1.78 bits per heavy atom. The Kier molecular flexibility index (Phi) is 8.76. The molecule has 8 nitrogen and oxygen atoms in total. The van der Waals surface area contributed by atoms with Gasteiger partial charge in [0.2, 0.25) is 5.91 Å². The first-order chi connectivity index (χ1) is 16.9. The lowest BCUT2D eigenvalue weighted by Crippen LogP contribution is -2.56. The molecule has 2 aromatic carbocycles. The third-order valence-corrected chi connectivity index (χ3v) is 6.65. The maximum absolute atomic E-state index is 13.6. The van der Waals surface area contributed by atoms with Crippen LogP contribution in [0.4, 0.5) is 0 Å². The van der Waals surface area contributed by atoms with E-state index >= 15 is 0 Å². The van der Waals surface area contributed by atoms with Crippen LogP contribution in [0.2, 0.25) is 0 Å². The number of rotatable bonds is 8. The van der Waals surface area contributed by atoms with Gasteiger partial charge >= 0.3 is 0 Å². The molecule has 5 atom stereocenters. The summed E-state index contributed by atoms with van der Waals surface area (Å²) in [6.45, 7) is 7.33. The van der Waals surface area contributed by atoms with Gasteiger partial charge < -0.3 is 26.2 Å². The minimum absolute atomic E-state index is 0.0337. The molecule has 36 heavy (non-hydrogen) atoms. The molecular weight excluding hydrogens is 482 g/mol. The van der Waals surface area contributed by atoms with Gasteiger partial charge in [0.25, 0.3) is 5.91 Å². The number of phenolic OH excluding ortho intramolecular Hbond substituents is 1. The van der Waals surface area contributed by atoms with E-state index in [0.29, 0.717) is 5.56 Å². The molecule has 0 aliphatic carbocycles. The van der Waals surface area contributed by atoms with E-state index in [4.69, 9.17) is 11.6 Å². The third-order valence-electron chi connectivity index (χ3n) is 6.23.